The fraction of sp³-hybridized carbons (Fsp3) is 0.381. The third kappa shape index (κ3) is 3.96. The Morgan fingerprint density at radius 2 is 1.73 bits per heavy atom. The first-order chi connectivity index (χ1) is 14.4. The van der Waals surface area contributed by atoms with E-state index >= 15 is 0 Å². The van der Waals surface area contributed by atoms with Gasteiger partial charge < -0.3 is 28.9 Å². The number of carbonyl (C=O) groups is 2. The molecule has 1 aromatic heterocycles. The number of hydrogen-bond donors (Lipinski definition) is 1. The fourth-order valence-electron chi connectivity index (χ4n) is 3.67. The zero-order chi connectivity index (χ0) is 21.3. The standard InChI is InChI=1S/C21H23N3O6/c1-14-10-15(25)11-19(26)24(14)12-20(27)22-6-8-23(9-7-22)21(28)18-13-29-16-4-2-3-5-17(16)30-18/h2-5,10-11,18,25H,6-9,12-13H2,1H3. The third-order valence-electron chi connectivity index (χ3n) is 5.34. The summed E-state index contributed by atoms with van der Waals surface area (Å²) in [4.78, 5) is 40.8. The van der Waals surface area contributed by atoms with Gasteiger partial charge in [-0.25, -0.2) is 0 Å². The Morgan fingerprint density at radius 3 is 2.43 bits per heavy atom. The third-order valence-corrected chi connectivity index (χ3v) is 5.34. The van der Waals surface area contributed by atoms with Crippen LogP contribution in [0.1, 0.15) is 5.69 Å². The van der Waals surface area contributed by atoms with Gasteiger partial charge in [-0.05, 0) is 25.1 Å². The van der Waals surface area contributed by atoms with Crippen LogP contribution < -0.4 is 15.0 Å². The Labute approximate surface area is 173 Å². The maximum Gasteiger partial charge on any atom is 0.267 e. The van der Waals surface area contributed by atoms with Gasteiger partial charge >= 0.3 is 0 Å². The number of aromatic nitrogens is 1. The highest BCUT2D eigenvalue weighted by molar-refractivity contribution is 5.82. The Morgan fingerprint density at radius 1 is 1.07 bits per heavy atom. The van der Waals surface area contributed by atoms with E-state index in [2.05, 4.69) is 0 Å². The fourth-order valence-corrected chi connectivity index (χ4v) is 3.67. The van der Waals surface area contributed by atoms with Gasteiger partial charge in [0.15, 0.2) is 11.5 Å². The van der Waals surface area contributed by atoms with Crippen LogP contribution in [0.3, 0.4) is 0 Å². The molecule has 0 bridgehead atoms. The largest absolute Gasteiger partial charge is 0.508 e. The van der Waals surface area contributed by atoms with Crippen LogP contribution in [0.25, 0.3) is 0 Å². The SMILES string of the molecule is Cc1cc(O)cc(=O)n1CC(=O)N1CCN(C(=O)C2COc3ccccc3O2)CC1. The van der Waals surface area contributed by atoms with Crippen molar-refractivity contribution in [2.45, 2.75) is 19.6 Å². The second kappa shape index (κ2) is 8.10. The van der Waals surface area contributed by atoms with Crippen molar-refractivity contribution in [1.29, 1.82) is 0 Å². The number of nitrogens with zero attached hydrogens (tertiary/aromatic N) is 3. The summed E-state index contributed by atoms with van der Waals surface area (Å²) in [5.41, 5.74) is 0.0845. The number of benzene rings is 1. The number of amides is 2. The van der Waals surface area contributed by atoms with E-state index in [0.29, 0.717) is 43.4 Å². The molecule has 1 atom stereocenters. The summed E-state index contributed by atoms with van der Waals surface area (Å²) in [5, 5.41) is 9.48. The molecule has 2 amide bonds. The molecule has 9 heteroatoms. The lowest BCUT2D eigenvalue weighted by molar-refractivity contribution is -0.146. The lowest BCUT2D eigenvalue weighted by Gasteiger charge is -2.37. The molecule has 1 unspecified atom stereocenters. The average molecular weight is 413 g/mol. The first kappa shape index (κ1) is 19.8. The molecular formula is C21H23N3O6. The highest BCUT2D eigenvalue weighted by Gasteiger charge is 2.33. The quantitative estimate of drug-likeness (QED) is 0.781. The highest BCUT2D eigenvalue weighted by Crippen LogP contribution is 2.31. The van der Waals surface area contributed by atoms with Crippen LogP contribution in [-0.4, -0.2) is 70.2 Å². The van der Waals surface area contributed by atoms with Gasteiger partial charge in [0.2, 0.25) is 12.0 Å². The number of carbonyl (C=O) groups excluding carboxylic acids is 2. The van der Waals surface area contributed by atoms with Crippen LogP contribution in [-0.2, 0) is 16.1 Å². The molecule has 0 spiro atoms. The van der Waals surface area contributed by atoms with Gasteiger partial charge in [-0.1, -0.05) is 12.1 Å². The maximum absolute atomic E-state index is 12.8. The molecule has 3 heterocycles. The lowest BCUT2D eigenvalue weighted by atomic mass is 10.2. The van der Waals surface area contributed by atoms with Gasteiger partial charge in [0, 0.05) is 37.9 Å². The smallest absolute Gasteiger partial charge is 0.267 e. The number of aryl methyl sites for hydroxylation is 1. The highest BCUT2D eigenvalue weighted by atomic mass is 16.6. The van der Waals surface area contributed by atoms with E-state index in [0.717, 1.165) is 6.07 Å². The van der Waals surface area contributed by atoms with Gasteiger partial charge in [0.05, 0.1) is 0 Å². The molecule has 1 saturated heterocycles. The molecule has 1 aromatic carbocycles. The summed E-state index contributed by atoms with van der Waals surface area (Å²) < 4.78 is 12.7. The van der Waals surface area contributed by atoms with Crippen molar-refractivity contribution >= 4 is 11.8 Å². The number of hydrogen-bond acceptors (Lipinski definition) is 6. The number of rotatable bonds is 3. The van der Waals surface area contributed by atoms with Gasteiger partial charge in [-0.2, -0.15) is 0 Å². The van der Waals surface area contributed by atoms with Gasteiger partial charge in [-0.3, -0.25) is 14.4 Å². The first-order valence-corrected chi connectivity index (χ1v) is 9.78. The minimum Gasteiger partial charge on any atom is -0.508 e. The minimum atomic E-state index is -0.708. The van der Waals surface area contributed by atoms with E-state index in [9.17, 15) is 19.5 Å². The molecular weight excluding hydrogens is 390 g/mol. The van der Waals surface area contributed by atoms with Crippen LogP contribution in [0, 0.1) is 6.92 Å². The first-order valence-electron chi connectivity index (χ1n) is 9.78. The lowest BCUT2D eigenvalue weighted by Crippen LogP contribution is -2.55. The summed E-state index contributed by atoms with van der Waals surface area (Å²) in [5.74, 6) is 0.679. The molecule has 4 rings (SSSR count). The Hall–Kier alpha value is -3.49. The van der Waals surface area contributed by atoms with E-state index in [1.54, 1.807) is 28.9 Å². The molecule has 30 heavy (non-hydrogen) atoms. The van der Waals surface area contributed by atoms with Gasteiger partial charge in [0.25, 0.3) is 11.5 Å². The molecule has 0 aliphatic carbocycles. The van der Waals surface area contributed by atoms with Crippen LogP contribution in [0.15, 0.2) is 41.2 Å². The van der Waals surface area contributed by atoms with E-state index in [1.807, 2.05) is 12.1 Å². The minimum absolute atomic E-state index is 0.102. The van der Waals surface area contributed by atoms with Crippen molar-refractivity contribution < 1.29 is 24.2 Å². The van der Waals surface area contributed by atoms with Crippen molar-refractivity contribution in [2.75, 3.05) is 32.8 Å². The van der Waals surface area contributed by atoms with Crippen molar-refractivity contribution in [3.8, 4) is 17.2 Å². The van der Waals surface area contributed by atoms with Crippen molar-refractivity contribution in [3.05, 3.63) is 52.4 Å². The van der Waals surface area contributed by atoms with Crippen molar-refractivity contribution in [1.82, 2.24) is 14.4 Å². The summed E-state index contributed by atoms with van der Waals surface area (Å²) in [6.07, 6.45) is -0.708. The van der Waals surface area contributed by atoms with Crippen LogP contribution in [0.5, 0.6) is 17.2 Å². The van der Waals surface area contributed by atoms with Crippen LogP contribution in [0.2, 0.25) is 0 Å². The Balaban J connectivity index is 1.33. The summed E-state index contributed by atoms with van der Waals surface area (Å²) >= 11 is 0. The van der Waals surface area contributed by atoms with Crippen molar-refractivity contribution in [3.63, 3.8) is 0 Å². The van der Waals surface area contributed by atoms with E-state index in [1.165, 1.54) is 10.6 Å². The molecule has 1 fully saturated rings. The van der Waals surface area contributed by atoms with E-state index in [4.69, 9.17) is 9.47 Å². The van der Waals surface area contributed by atoms with Crippen LogP contribution in [0.4, 0.5) is 0 Å². The van der Waals surface area contributed by atoms with E-state index < -0.39 is 11.7 Å². The summed E-state index contributed by atoms with van der Waals surface area (Å²) in [6, 6.07) is 9.74. The van der Waals surface area contributed by atoms with Crippen molar-refractivity contribution in [2.24, 2.45) is 0 Å². The Kier molecular flexibility index (Phi) is 5.35. The second-order valence-electron chi connectivity index (χ2n) is 7.35. The van der Waals surface area contributed by atoms with Gasteiger partial charge in [0.1, 0.15) is 18.9 Å². The predicted molar refractivity (Wildman–Crippen MR) is 107 cm³/mol. The van der Waals surface area contributed by atoms with Gasteiger partial charge in [-0.15, -0.1) is 0 Å². The number of ether oxygens (including phenoxy) is 2. The molecule has 2 aromatic rings. The number of piperazine rings is 1. The molecule has 158 valence electrons. The molecule has 0 saturated carbocycles. The number of fused-ring (bicyclic) bond motifs is 1. The number of aromatic hydroxyl groups is 1. The zero-order valence-corrected chi connectivity index (χ0v) is 16.6. The predicted octanol–water partition coefficient (Wildman–Crippen LogP) is 0.373. The molecule has 1 N–H and O–H groups in total. The molecule has 2 aliphatic heterocycles. The second-order valence-corrected chi connectivity index (χ2v) is 7.35. The summed E-state index contributed by atoms with van der Waals surface area (Å²) in [7, 11) is 0. The number of pyridine rings is 1. The molecule has 2 aliphatic rings. The Bertz CT molecular complexity index is 1030. The normalized spacial score (nSPS) is 18.2. The molecule has 9 nitrogen and oxygen atoms in total. The topological polar surface area (TPSA) is 101 Å². The zero-order valence-electron chi connectivity index (χ0n) is 16.6. The summed E-state index contributed by atoms with van der Waals surface area (Å²) in [6.45, 7) is 3.23. The average Bonchev–Trinajstić information content (AvgIpc) is 2.75. The van der Waals surface area contributed by atoms with Crippen LogP contribution >= 0.6 is 0 Å². The maximum atomic E-state index is 12.8. The van der Waals surface area contributed by atoms with E-state index in [-0.39, 0.29) is 30.7 Å². The number of para-hydroxylation sites is 2. The molecule has 0 radical (unpaired) electrons. The monoisotopic (exact) mass is 413 g/mol.